The summed E-state index contributed by atoms with van der Waals surface area (Å²) in [7, 11) is 0. The van der Waals surface area contributed by atoms with Crippen molar-refractivity contribution in [1.82, 2.24) is 0 Å². The van der Waals surface area contributed by atoms with Crippen molar-refractivity contribution in [2.24, 2.45) is 27.8 Å². The molecule has 0 saturated heterocycles. The average Bonchev–Trinajstić information content (AvgIpc) is 3.16. The van der Waals surface area contributed by atoms with E-state index < -0.39 is 12.2 Å². The predicted octanol–water partition coefficient (Wildman–Crippen LogP) is 7.23. The van der Waals surface area contributed by atoms with Crippen molar-refractivity contribution in [2.75, 3.05) is 6.61 Å². The molecule has 4 heteroatoms. The lowest BCUT2D eigenvalue weighted by atomic mass is 9.62. The second-order valence-electron chi connectivity index (χ2n) is 12.1. The minimum absolute atomic E-state index is 0.0854. The fourth-order valence-electron chi connectivity index (χ4n) is 6.17. The summed E-state index contributed by atoms with van der Waals surface area (Å²) in [6.07, 6.45) is 18.4. The Balaban J connectivity index is 1.71. The Bertz CT molecular complexity index is 974. The molecule has 0 heterocycles. The van der Waals surface area contributed by atoms with Crippen LogP contribution in [0.15, 0.2) is 77.1 Å². The van der Waals surface area contributed by atoms with Crippen molar-refractivity contribution in [3.63, 3.8) is 0 Å². The molecule has 0 aromatic rings. The molecule has 0 bridgehead atoms. The number of aliphatic hydroxyl groups excluding tert-OH is 2. The number of oxime groups is 1. The van der Waals surface area contributed by atoms with E-state index in [2.05, 4.69) is 83.3 Å². The zero-order valence-electron chi connectivity index (χ0n) is 23.1. The summed E-state index contributed by atoms with van der Waals surface area (Å²) in [6.45, 7) is 19.4. The van der Waals surface area contributed by atoms with Gasteiger partial charge >= 0.3 is 0 Å². The standard InChI is InChI=1S/C32H47NO3/c1-8-19-36-33-30(31(4,5)6)13-9-11-22(2)27-16-17-28-24(12-10-18-32(27,28)7)14-15-25-20-26(34)21-29(35)23(25)3/h8-9,13-16,22,26,28-29,34-35H,1,3,10-12,17-21H2,2,4-7H3/b13-9+,24-14+,25-15-,33-30-/t22-,26+,28-,29-,32+/m0/s1. The van der Waals surface area contributed by atoms with Gasteiger partial charge in [0.15, 0.2) is 0 Å². The van der Waals surface area contributed by atoms with E-state index >= 15 is 0 Å². The monoisotopic (exact) mass is 493 g/mol. The van der Waals surface area contributed by atoms with Crippen molar-refractivity contribution in [2.45, 2.75) is 91.8 Å². The number of fused-ring (bicyclic) bond motifs is 1. The zero-order valence-corrected chi connectivity index (χ0v) is 23.1. The molecule has 4 nitrogen and oxygen atoms in total. The third kappa shape index (κ3) is 6.58. The maximum Gasteiger partial charge on any atom is 0.135 e. The maximum absolute atomic E-state index is 10.2. The van der Waals surface area contributed by atoms with E-state index in [1.54, 1.807) is 11.6 Å². The minimum Gasteiger partial charge on any atom is -0.393 e. The van der Waals surface area contributed by atoms with Gasteiger partial charge in [-0.1, -0.05) is 94.5 Å². The lowest BCUT2D eigenvalue weighted by molar-refractivity contribution is 0.0862. The molecule has 5 atom stereocenters. The summed E-state index contributed by atoms with van der Waals surface area (Å²) in [5.41, 5.74) is 5.87. The Morgan fingerprint density at radius 2 is 2.06 bits per heavy atom. The van der Waals surface area contributed by atoms with E-state index in [-0.39, 0.29) is 10.8 Å². The van der Waals surface area contributed by atoms with Crippen molar-refractivity contribution in [1.29, 1.82) is 0 Å². The summed E-state index contributed by atoms with van der Waals surface area (Å²) in [4.78, 5) is 5.38. The van der Waals surface area contributed by atoms with E-state index in [0.717, 1.165) is 36.1 Å². The second kappa shape index (κ2) is 11.9. The minimum atomic E-state index is -0.638. The number of hydrogen-bond donors (Lipinski definition) is 2. The van der Waals surface area contributed by atoms with Gasteiger partial charge in [-0.25, -0.2) is 0 Å². The molecule has 0 amide bonds. The van der Waals surface area contributed by atoms with E-state index in [1.165, 1.54) is 18.4 Å². The van der Waals surface area contributed by atoms with Crippen LogP contribution in [0.4, 0.5) is 0 Å². The van der Waals surface area contributed by atoms with E-state index in [0.29, 0.717) is 31.3 Å². The molecule has 198 valence electrons. The third-order valence-electron chi connectivity index (χ3n) is 8.30. The maximum atomic E-state index is 10.2. The molecular weight excluding hydrogens is 446 g/mol. The van der Waals surface area contributed by atoms with E-state index in [1.807, 2.05) is 0 Å². The number of hydrogen-bond acceptors (Lipinski definition) is 4. The fraction of sp³-hybridized carbons (Fsp3) is 0.594. The van der Waals surface area contributed by atoms with E-state index in [4.69, 9.17) is 4.84 Å². The van der Waals surface area contributed by atoms with Crippen LogP contribution in [-0.2, 0) is 4.84 Å². The van der Waals surface area contributed by atoms with Gasteiger partial charge in [0, 0.05) is 11.8 Å². The first-order valence-corrected chi connectivity index (χ1v) is 13.6. The Morgan fingerprint density at radius 1 is 1.31 bits per heavy atom. The van der Waals surface area contributed by atoms with Gasteiger partial charge in [-0.05, 0) is 73.0 Å². The van der Waals surface area contributed by atoms with Crippen LogP contribution in [0.25, 0.3) is 0 Å². The number of allylic oxidation sites excluding steroid dienone is 7. The molecule has 3 aliphatic carbocycles. The van der Waals surface area contributed by atoms with Crippen LogP contribution in [0, 0.1) is 22.7 Å². The van der Waals surface area contributed by atoms with Gasteiger partial charge in [0.05, 0.1) is 17.9 Å². The lowest BCUT2D eigenvalue weighted by Crippen LogP contribution is -2.32. The van der Waals surface area contributed by atoms with Crippen molar-refractivity contribution in [3.05, 3.63) is 71.9 Å². The normalized spacial score (nSPS) is 32.6. The van der Waals surface area contributed by atoms with Crippen LogP contribution in [0.2, 0.25) is 0 Å². The van der Waals surface area contributed by atoms with Crippen LogP contribution < -0.4 is 0 Å². The lowest BCUT2D eigenvalue weighted by Gasteiger charge is -2.42. The van der Waals surface area contributed by atoms with Gasteiger partial charge < -0.3 is 15.1 Å². The molecule has 3 aliphatic rings. The third-order valence-corrected chi connectivity index (χ3v) is 8.30. The summed E-state index contributed by atoms with van der Waals surface area (Å²) in [5.74, 6) is 0.989. The van der Waals surface area contributed by atoms with Gasteiger partial charge in [0.1, 0.15) is 6.61 Å². The quantitative estimate of drug-likeness (QED) is 0.162. The average molecular weight is 494 g/mol. The van der Waals surface area contributed by atoms with Crippen LogP contribution in [0.3, 0.4) is 0 Å². The highest BCUT2D eigenvalue weighted by Crippen LogP contribution is 2.57. The Morgan fingerprint density at radius 3 is 2.75 bits per heavy atom. The van der Waals surface area contributed by atoms with Gasteiger partial charge in [-0.15, -0.1) is 0 Å². The molecule has 2 fully saturated rings. The zero-order chi connectivity index (χ0) is 26.5. The first kappa shape index (κ1) is 28.4. The molecule has 3 rings (SSSR count). The topological polar surface area (TPSA) is 62.0 Å². The van der Waals surface area contributed by atoms with Gasteiger partial charge in [0.2, 0.25) is 0 Å². The highest BCUT2D eigenvalue weighted by molar-refractivity contribution is 5.98. The molecule has 0 aliphatic heterocycles. The molecule has 36 heavy (non-hydrogen) atoms. The number of nitrogens with zero attached hydrogens (tertiary/aromatic N) is 1. The second-order valence-corrected chi connectivity index (χ2v) is 12.1. The van der Waals surface area contributed by atoms with Crippen LogP contribution in [0.1, 0.15) is 79.6 Å². The Labute approximate surface area is 218 Å². The number of rotatable bonds is 8. The first-order valence-electron chi connectivity index (χ1n) is 13.6. The summed E-state index contributed by atoms with van der Waals surface area (Å²) < 4.78 is 0. The van der Waals surface area contributed by atoms with Crippen LogP contribution in [0.5, 0.6) is 0 Å². The molecular formula is C32H47NO3. The molecule has 2 saturated carbocycles. The van der Waals surface area contributed by atoms with Gasteiger partial charge in [0.25, 0.3) is 0 Å². The molecule has 0 unspecified atom stereocenters. The molecule has 0 radical (unpaired) electrons. The Hall–Kier alpha value is -2.17. The van der Waals surface area contributed by atoms with Crippen molar-refractivity contribution in [3.8, 4) is 0 Å². The molecule has 0 spiro atoms. The van der Waals surface area contributed by atoms with Gasteiger partial charge in [-0.2, -0.15) is 0 Å². The van der Waals surface area contributed by atoms with Gasteiger partial charge in [-0.3, -0.25) is 0 Å². The van der Waals surface area contributed by atoms with Crippen molar-refractivity contribution < 1.29 is 15.1 Å². The molecule has 0 aromatic carbocycles. The summed E-state index contributed by atoms with van der Waals surface area (Å²) >= 11 is 0. The first-order chi connectivity index (χ1) is 17.0. The van der Waals surface area contributed by atoms with E-state index in [9.17, 15) is 10.2 Å². The van der Waals surface area contributed by atoms with Crippen LogP contribution >= 0.6 is 0 Å². The highest BCUT2D eigenvalue weighted by Gasteiger charge is 2.45. The number of aliphatic hydroxyl groups is 2. The predicted molar refractivity (Wildman–Crippen MR) is 151 cm³/mol. The summed E-state index contributed by atoms with van der Waals surface area (Å²) in [5, 5.41) is 24.6. The van der Waals surface area contributed by atoms with Crippen molar-refractivity contribution >= 4 is 5.71 Å². The highest BCUT2D eigenvalue weighted by atomic mass is 16.6. The molecule has 2 N–H and O–H groups in total. The largest absolute Gasteiger partial charge is 0.393 e. The SMILES string of the molecule is C=CCO/N=C(/C=C/C[C@H](C)C1=CC[C@H]2/C(=C/C=C3/C[C@@H](O)C[C@H](O)C3=C)CCC[C@]12C)C(C)(C)C. The molecule has 0 aromatic heterocycles. The smallest absolute Gasteiger partial charge is 0.135 e. The fourth-order valence-corrected chi connectivity index (χ4v) is 6.17. The Kier molecular flexibility index (Phi) is 9.40. The van der Waals surface area contributed by atoms with Crippen LogP contribution in [-0.4, -0.2) is 34.7 Å². The summed E-state index contributed by atoms with van der Waals surface area (Å²) in [6, 6.07) is 0.